The van der Waals surface area contributed by atoms with Crippen molar-refractivity contribution in [2.24, 2.45) is 0 Å². The quantitative estimate of drug-likeness (QED) is 0.211. The largest absolute Gasteiger partial charge is 0.455 e. The van der Waals surface area contributed by atoms with Gasteiger partial charge in [0.25, 0.3) is 0 Å². The Morgan fingerprint density at radius 3 is 1.64 bits per heavy atom. The van der Waals surface area contributed by atoms with Crippen LogP contribution in [-0.4, -0.2) is 19.9 Å². The molecule has 6 heteroatoms. The van der Waals surface area contributed by atoms with Crippen LogP contribution in [0.25, 0.3) is 89.2 Å². The van der Waals surface area contributed by atoms with E-state index in [1.807, 2.05) is 85.1 Å². The van der Waals surface area contributed by atoms with Gasteiger partial charge in [0.05, 0.1) is 6.20 Å². The predicted octanol–water partition coefficient (Wildman–Crippen LogP) is 9.73. The van der Waals surface area contributed by atoms with Crippen LogP contribution in [0.2, 0.25) is 0 Å². The third kappa shape index (κ3) is 3.82. The Hall–Kier alpha value is -6.14. The van der Waals surface area contributed by atoms with E-state index >= 15 is 0 Å². The number of hydrogen-bond donors (Lipinski definition) is 0. The molecule has 0 N–H and O–H groups in total. The summed E-state index contributed by atoms with van der Waals surface area (Å²) in [5.74, 6) is 1.72. The molecule has 0 saturated heterocycles. The van der Waals surface area contributed by atoms with Gasteiger partial charge >= 0.3 is 0 Å². The first-order chi connectivity index (χ1) is 21.8. The molecule has 4 heterocycles. The van der Waals surface area contributed by atoms with E-state index in [4.69, 9.17) is 23.8 Å². The van der Waals surface area contributed by atoms with Gasteiger partial charge in [-0.3, -0.25) is 4.98 Å². The maximum Gasteiger partial charge on any atom is 0.166 e. The molecule has 44 heavy (non-hydrogen) atoms. The molecular weight excluding hydrogens is 544 g/mol. The van der Waals surface area contributed by atoms with E-state index in [0.717, 1.165) is 66.1 Å². The van der Waals surface area contributed by atoms with Crippen molar-refractivity contribution in [2.75, 3.05) is 0 Å². The van der Waals surface area contributed by atoms with E-state index in [0.29, 0.717) is 23.1 Å². The van der Waals surface area contributed by atoms with Crippen LogP contribution in [0, 0.1) is 0 Å². The molecule has 0 spiro atoms. The van der Waals surface area contributed by atoms with Crippen LogP contribution in [0.5, 0.6) is 0 Å². The number of hydrogen-bond acceptors (Lipinski definition) is 6. The van der Waals surface area contributed by atoms with E-state index < -0.39 is 0 Å². The fourth-order valence-corrected chi connectivity index (χ4v) is 6.02. The van der Waals surface area contributed by atoms with Gasteiger partial charge in [0.2, 0.25) is 0 Å². The summed E-state index contributed by atoms with van der Waals surface area (Å²) in [6, 6.07) is 40.5. The molecule has 9 rings (SSSR count). The number of rotatable bonds is 4. The predicted molar refractivity (Wildman–Crippen MR) is 174 cm³/mol. The molecule has 0 saturated carbocycles. The Morgan fingerprint density at radius 1 is 0.386 bits per heavy atom. The third-order valence-electron chi connectivity index (χ3n) is 8.04. The molecule has 0 radical (unpaired) electrons. The van der Waals surface area contributed by atoms with Crippen molar-refractivity contribution < 1.29 is 8.83 Å². The minimum Gasteiger partial charge on any atom is -0.455 e. The van der Waals surface area contributed by atoms with E-state index in [2.05, 4.69) is 47.4 Å². The van der Waals surface area contributed by atoms with Crippen molar-refractivity contribution in [1.29, 1.82) is 0 Å². The van der Waals surface area contributed by atoms with Gasteiger partial charge in [0, 0.05) is 55.6 Å². The van der Waals surface area contributed by atoms with E-state index in [1.165, 1.54) is 0 Å². The number of pyridine rings is 1. The van der Waals surface area contributed by atoms with Gasteiger partial charge in [-0.25, -0.2) is 15.0 Å². The Labute approximate surface area is 251 Å². The van der Waals surface area contributed by atoms with Gasteiger partial charge < -0.3 is 8.83 Å². The molecule has 4 aromatic heterocycles. The molecule has 5 aromatic carbocycles. The summed E-state index contributed by atoms with van der Waals surface area (Å²) in [4.78, 5) is 19.3. The number of nitrogens with zero attached hydrogens (tertiary/aromatic N) is 4. The van der Waals surface area contributed by atoms with Crippen molar-refractivity contribution in [3.8, 4) is 45.3 Å². The van der Waals surface area contributed by atoms with Gasteiger partial charge in [-0.2, -0.15) is 0 Å². The summed E-state index contributed by atoms with van der Waals surface area (Å²) in [6.07, 6.45) is 3.56. The second kappa shape index (κ2) is 9.71. The normalized spacial score (nSPS) is 11.6. The first kappa shape index (κ1) is 24.5. The van der Waals surface area contributed by atoms with Crippen molar-refractivity contribution in [2.45, 2.75) is 0 Å². The van der Waals surface area contributed by atoms with Crippen LogP contribution >= 0.6 is 0 Å². The number of furan rings is 2. The summed E-state index contributed by atoms with van der Waals surface area (Å²) in [5, 5.41) is 4.01. The Bertz CT molecular complexity index is 2440. The second-order valence-electron chi connectivity index (χ2n) is 10.7. The molecule has 0 fully saturated rings. The topological polar surface area (TPSA) is 77.8 Å². The van der Waals surface area contributed by atoms with Gasteiger partial charge in [0.15, 0.2) is 23.1 Å². The summed E-state index contributed by atoms with van der Waals surface area (Å²) in [7, 11) is 0. The highest BCUT2D eigenvalue weighted by atomic mass is 16.3. The zero-order valence-electron chi connectivity index (χ0n) is 23.3. The van der Waals surface area contributed by atoms with Gasteiger partial charge in [-0.15, -0.1) is 0 Å². The molecule has 6 nitrogen and oxygen atoms in total. The second-order valence-corrected chi connectivity index (χ2v) is 10.7. The smallest absolute Gasteiger partial charge is 0.166 e. The van der Waals surface area contributed by atoms with Crippen LogP contribution in [0.15, 0.2) is 143 Å². The fraction of sp³-hybridized carbons (Fsp3) is 0. The molecule has 9 aromatic rings. The van der Waals surface area contributed by atoms with Crippen LogP contribution in [0.3, 0.4) is 0 Å². The van der Waals surface area contributed by atoms with Crippen LogP contribution in [-0.2, 0) is 0 Å². The Morgan fingerprint density at radius 2 is 0.932 bits per heavy atom. The summed E-state index contributed by atoms with van der Waals surface area (Å²) < 4.78 is 13.0. The molecule has 0 atom stereocenters. The van der Waals surface area contributed by atoms with E-state index in [9.17, 15) is 0 Å². The van der Waals surface area contributed by atoms with E-state index in [-0.39, 0.29) is 0 Å². The summed E-state index contributed by atoms with van der Waals surface area (Å²) in [6.45, 7) is 0. The van der Waals surface area contributed by atoms with Crippen LogP contribution in [0.1, 0.15) is 0 Å². The first-order valence-electron chi connectivity index (χ1n) is 14.4. The Balaban J connectivity index is 1.29. The molecule has 0 aliphatic carbocycles. The molecule has 0 unspecified atom stereocenters. The van der Waals surface area contributed by atoms with Crippen molar-refractivity contribution in [3.05, 3.63) is 134 Å². The highest BCUT2D eigenvalue weighted by Crippen LogP contribution is 2.42. The minimum absolute atomic E-state index is 0.531. The Kier molecular flexibility index (Phi) is 5.40. The van der Waals surface area contributed by atoms with Gasteiger partial charge in [-0.05, 0) is 6.07 Å². The minimum atomic E-state index is 0.531. The van der Waals surface area contributed by atoms with Crippen LogP contribution < -0.4 is 0 Å². The number of para-hydroxylation sites is 3. The van der Waals surface area contributed by atoms with E-state index in [1.54, 1.807) is 6.20 Å². The summed E-state index contributed by atoms with van der Waals surface area (Å²) >= 11 is 0. The van der Waals surface area contributed by atoms with Crippen molar-refractivity contribution >= 4 is 43.9 Å². The first-order valence-corrected chi connectivity index (χ1v) is 14.4. The lowest BCUT2D eigenvalue weighted by Crippen LogP contribution is -2.00. The zero-order chi connectivity index (χ0) is 29.0. The molecule has 0 bridgehead atoms. The molecule has 0 aliphatic heterocycles. The lowest BCUT2D eigenvalue weighted by Gasteiger charge is -2.09. The number of aromatic nitrogens is 4. The highest BCUT2D eigenvalue weighted by Gasteiger charge is 2.21. The van der Waals surface area contributed by atoms with Gasteiger partial charge in [-0.1, -0.05) is 115 Å². The molecular formula is C38H22N4O2. The van der Waals surface area contributed by atoms with Crippen molar-refractivity contribution in [1.82, 2.24) is 19.9 Å². The number of benzene rings is 5. The average molecular weight is 567 g/mol. The maximum absolute atomic E-state index is 6.58. The maximum atomic E-state index is 6.58. The number of fused-ring (bicyclic) bond motifs is 6. The zero-order valence-corrected chi connectivity index (χ0v) is 23.3. The summed E-state index contributed by atoms with van der Waals surface area (Å²) in [5.41, 5.74) is 7.61. The fourth-order valence-electron chi connectivity index (χ4n) is 6.02. The average Bonchev–Trinajstić information content (AvgIpc) is 3.68. The lowest BCUT2D eigenvalue weighted by atomic mass is 9.99. The van der Waals surface area contributed by atoms with Crippen LogP contribution in [0.4, 0.5) is 0 Å². The molecule has 0 aliphatic rings. The van der Waals surface area contributed by atoms with Gasteiger partial charge in [0.1, 0.15) is 16.7 Å². The highest BCUT2D eigenvalue weighted by molar-refractivity contribution is 6.17. The molecule has 206 valence electrons. The standard InChI is InChI=1S/C38H22N4O2/c1-3-11-23(12-4-1)36-40-37(24-13-5-2-6-14-24)42-38(41-36)30-21-39-22-32-33(30)29-19-10-18-28(35(29)44-32)27-17-9-16-26-25-15-7-8-20-31(25)43-34(26)27/h1-22H. The SMILES string of the molecule is c1ccc(-c2nc(-c3ccccc3)nc(-c3cncc4oc5c(-c6cccc7c6oc6ccccc67)cccc5c34)n2)cc1. The monoisotopic (exact) mass is 566 g/mol. The third-order valence-corrected chi connectivity index (χ3v) is 8.04. The van der Waals surface area contributed by atoms with Crippen molar-refractivity contribution in [3.63, 3.8) is 0 Å². The molecule has 0 amide bonds. The lowest BCUT2D eigenvalue weighted by molar-refractivity contribution is 0.664.